The number of hydrogen-bond donors (Lipinski definition) is 1. The van der Waals surface area contributed by atoms with Gasteiger partial charge in [-0.05, 0) is 23.8 Å². The fraction of sp³-hybridized carbons (Fsp3) is 0.360. The molecule has 1 saturated heterocycles. The Labute approximate surface area is 187 Å². The van der Waals surface area contributed by atoms with Crippen LogP contribution < -0.4 is 5.32 Å². The molecule has 0 unspecified atom stereocenters. The van der Waals surface area contributed by atoms with Crippen LogP contribution in [0.25, 0.3) is 11.0 Å². The quantitative estimate of drug-likeness (QED) is 0.634. The van der Waals surface area contributed by atoms with Crippen molar-refractivity contribution in [1.29, 1.82) is 0 Å². The molecule has 0 atom stereocenters. The summed E-state index contributed by atoms with van der Waals surface area (Å²) in [4.78, 5) is 28.6. The lowest BCUT2D eigenvalue weighted by Crippen LogP contribution is -2.41. The van der Waals surface area contributed by atoms with E-state index in [4.69, 9.17) is 9.15 Å². The van der Waals surface area contributed by atoms with Gasteiger partial charge >= 0.3 is 6.03 Å². The third-order valence-corrected chi connectivity index (χ3v) is 5.77. The summed E-state index contributed by atoms with van der Waals surface area (Å²) in [5, 5.41) is 3.97. The standard InChI is InChI=1S/C25H29N3O4/c1-3-22-21(20-6-4-5-7-23(20)32-22)17-27(2)25(30)26-19-10-8-18(9-11-19)16-24(29)28-12-14-31-15-13-28/h4-11H,3,12-17H2,1-2H3,(H,26,30). The molecule has 7 heteroatoms. The minimum Gasteiger partial charge on any atom is -0.461 e. The first-order valence-electron chi connectivity index (χ1n) is 11.0. The number of ether oxygens (including phenoxy) is 1. The molecular formula is C25H29N3O4. The molecule has 3 amide bonds. The SMILES string of the molecule is CCc1oc2ccccc2c1CN(C)C(=O)Nc1ccc(CC(=O)N2CCOCC2)cc1. The third kappa shape index (κ3) is 4.94. The highest BCUT2D eigenvalue weighted by Gasteiger charge is 2.18. The van der Waals surface area contributed by atoms with Crippen molar-refractivity contribution in [3.8, 4) is 0 Å². The molecular weight excluding hydrogens is 406 g/mol. The maximum Gasteiger partial charge on any atom is 0.321 e. The Kier molecular flexibility index (Phi) is 6.75. The molecule has 1 fully saturated rings. The number of fused-ring (bicyclic) bond motifs is 1. The summed E-state index contributed by atoms with van der Waals surface area (Å²) in [6, 6.07) is 15.1. The van der Waals surface area contributed by atoms with Crippen molar-refractivity contribution in [2.45, 2.75) is 26.3 Å². The van der Waals surface area contributed by atoms with Gasteiger partial charge in [0.15, 0.2) is 0 Å². The van der Waals surface area contributed by atoms with Crippen molar-refractivity contribution >= 4 is 28.6 Å². The summed E-state index contributed by atoms with van der Waals surface area (Å²) in [6.07, 6.45) is 1.12. The number of anilines is 1. The molecule has 32 heavy (non-hydrogen) atoms. The van der Waals surface area contributed by atoms with E-state index in [0.717, 1.165) is 34.3 Å². The first kappa shape index (κ1) is 21.9. The van der Waals surface area contributed by atoms with Crippen LogP contribution in [0.1, 0.15) is 23.8 Å². The predicted molar refractivity (Wildman–Crippen MR) is 124 cm³/mol. The first-order valence-corrected chi connectivity index (χ1v) is 11.0. The van der Waals surface area contributed by atoms with Gasteiger partial charge in [0.1, 0.15) is 11.3 Å². The molecule has 0 saturated carbocycles. The molecule has 0 bridgehead atoms. The number of furan rings is 1. The zero-order valence-corrected chi connectivity index (χ0v) is 18.6. The number of carbonyl (C=O) groups excluding carboxylic acids is 2. The molecule has 1 aliphatic rings. The normalized spacial score (nSPS) is 13.9. The Morgan fingerprint density at radius 3 is 2.50 bits per heavy atom. The van der Waals surface area contributed by atoms with Crippen molar-refractivity contribution in [3.05, 3.63) is 65.4 Å². The van der Waals surface area contributed by atoms with E-state index in [1.807, 2.05) is 60.4 Å². The second-order valence-electron chi connectivity index (χ2n) is 8.01. The van der Waals surface area contributed by atoms with Gasteiger partial charge in [-0.2, -0.15) is 0 Å². The summed E-state index contributed by atoms with van der Waals surface area (Å²) in [5.74, 6) is 1.00. The minimum absolute atomic E-state index is 0.101. The Morgan fingerprint density at radius 2 is 1.78 bits per heavy atom. The van der Waals surface area contributed by atoms with Gasteiger partial charge in [-0.3, -0.25) is 4.79 Å². The second-order valence-corrected chi connectivity index (χ2v) is 8.01. The molecule has 0 aliphatic carbocycles. The van der Waals surface area contributed by atoms with Gasteiger partial charge in [-0.15, -0.1) is 0 Å². The van der Waals surface area contributed by atoms with Crippen LogP contribution in [0.4, 0.5) is 10.5 Å². The molecule has 4 rings (SSSR count). The summed E-state index contributed by atoms with van der Waals surface area (Å²) in [6.45, 7) is 4.98. The van der Waals surface area contributed by atoms with Crippen LogP contribution >= 0.6 is 0 Å². The van der Waals surface area contributed by atoms with Gasteiger partial charge in [0.05, 0.1) is 26.2 Å². The number of nitrogens with one attached hydrogen (secondary N) is 1. The van der Waals surface area contributed by atoms with Crippen LogP contribution in [-0.4, -0.2) is 55.1 Å². The Balaban J connectivity index is 1.36. The Bertz CT molecular complexity index is 1080. The van der Waals surface area contributed by atoms with E-state index in [1.54, 1.807) is 11.9 Å². The van der Waals surface area contributed by atoms with Gasteiger partial charge in [-0.25, -0.2) is 4.79 Å². The molecule has 2 heterocycles. The number of rotatable bonds is 6. The Hall–Kier alpha value is -3.32. The van der Waals surface area contributed by atoms with Crippen LogP contribution in [0.2, 0.25) is 0 Å². The summed E-state index contributed by atoms with van der Waals surface area (Å²) in [5.41, 5.74) is 3.50. The lowest BCUT2D eigenvalue weighted by Gasteiger charge is -2.26. The molecule has 1 aromatic heterocycles. The van der Waals surface area contributed by atoms with E-state index in [-0.39, 0.29) is 11.9 Å². The summed E-state index contributed by atoms with van der Waals surface area (Å²) >= 11 is 0. The molecule has 7 nitrogen and oxygen atoms in total. The fourth-order valence-corrected chi connectivity index (χ4v) is 3.94. The molecule has 2 aromatic carbocycles. The number of amides is 3. The smallest absolute Gasteiger partial charge is 0.321 e. The summed E-state index contributed by atoms with van der Waals surface area (Å²) < 4.78 is 11.2. The number of carbonyl (C=O) groups is 2. The van der Waals surface area contributed by atoms with E-state index in [9.17, 15) is 9.59 Å². The number of para-hydroxylation sites is 1. The monoisotopic (exact) mass is 435 g/mol. The first-order chi connectivity index (χ1) is 15.5. The molecule has 3 aromatic rings. The molecule has 168 valence electrons. The van der Waals surface area contributed by atoms with Gasteiger partial charge < -0.3 is 24.3 Å². The summed E-state index contributed by atoms with van der Waals surface area (Å²) in [7, 11) is 1.77. The molecule has 0 spiro atoms. The van der Waals surface area contributed by atoms with Crippen LogP contribution in [0, 0.1) is 0 Å². The molecule has 0 radical (unpaired) electrons. The van der Waals surface area contributed by atoms with Crippen LogP contribution in [0.5, 0.6) is 0 Å². The number of aryl methyl sites for hydroxylation is 1. The van der Waals surface area contributed by atoms with E-state index >= 15 is 0 Å². The topological polar surface area (TPSA) is 75.0 Å². The van der Waals surface area contributed by atoms with Crippen LogP contribution in [0.15, 0.2) is 52.9 Å². The minimum atomic E-state index is -0.200. The van der Waals surface area contributed by atoms with Gasteiger partial charge in [0, 0.05) is 43.2 Å². The highest BCUT2D eigenvalue weighted by atomic mass is 16.5. The number of benzene rings is 2. The van der Waals surface area contributed by atoms with E-state index < -0.39 is 0 Å². The van der Waals surface area contributed by atoms with Crippen molar-refractivity contribution in [2.24, 2.45) is 0 Å². The lowest BCUT2D eigenvalue weighted by atomic mass is 10.1. The highest BCUT2D eigenvalue weighted by Crippen LogP contribution is 2.27. The van der Waals surface area contributed by atoms with E-state index in [2.05, 4.69) is 5.32 Å². The lowest BCUT2D eigenvalue weighted by molar-refractivity contribution is -0.134. The van der Waals surface area contributed by atoms with Gasteiger partial charge in [-0.1, -0.05) is 37.3 Å². The molecule has 1 aliphatic heterocycles. The second kappa shape index (κ2) is 9.87. The largest absolute Gasteiger partial charge is 0.461 e. The molecule has 1 N–H and O–H groups in total. The predicted octanol–water partition coefficient (Wildman–Crippen LogP) is 4.06. The number of urea groups is 1. The average molecular weight is 436 g/mol. The fourth-order valence-electron chi connectivity index (χ4n) is 3.94. The van der Waals surface area contributed by atoms with E-state index in [1.165, 1.54) is 0 Å². The van der Waals surface area contributed by atoms with Crippen molar-refractivity contribution in [1.82, 2.24) is 9.80 Å². The van der Waals surface area contributed by atoms with Crippen LogP contribution in [0.3, 0.4) is 0 Å². The van der Waals surface area contributed by atoms with E-state index in [0.29, 0.717) is 45.0 Å². The number of morpholine rings is 1. The van der Waals surface area contributed by atoms with Crippen molar-refractivity contribution in [3.63, 3.8) is 0 Å². The maximum absolute atomic E-state index is 12.8. The highest BCUT2D eigenvalue weighted by molar-refractivity contribution is 5.90. The Morgan fingerprint density at radius 1 is 1.06 bits per heavy atom. The third-order valence-electron chi connectivity index (χ3n) is 5.77. The number of nitrogens with zero attached hydrogens (tertiary/aromatic N) is 2. The van der Waals surface area contributed by atoms with Crippen molar-refractivity contribution in [2.75, 3.05) is 38.7 Å². The zero-order chi connectivity index (χ0) is 22.5. The van der Waals surface area contributed by atoms with Gasteiger partial charge in [0.2, 0.25) is 5.91 Å². The average Bonchev–Trinajstić information content (AvgIpc) is 3.18. The number of hydrogen-bond acceptors (Lipinski definition) is 4. The van der Waals surface area contributed by atoms with Crippen LogP contribution in [-0.2, 0) is 28.9 Å². The van der Waals surface area contributed by atoms with Gasteiger partial charge in [0.25, 0.3) is 0 Å². The zero-order valence-electron chi connectivity index (χ0n) is 18.6. The maximum atomic E-state index is 12.8. The van der Waals surface area contributed by atoms with Crippen molar-refractivity contribution < 1.29 is 18.7 Å².